The van der Waals surface area contributed by atoms with Gasteiger partial charge in [0.05, 0.1) is 18.8 Å². The third kappa shape index (κ3) is 6.13. The molecule has 26 heavy (non-hydrogen) atoms. The highest BCUT2D eigenvalue weighted by Gasteiger charge is 2.18. The molecule has 1 saturated heterocycles. The minimum absolute atomic E-state index is 0.330. The largest absolute Gasteiger partial charge is 0.491 e. The van der Waals surface area contributed by atoms with Crippen LogP contribution in [0, 0.1) is 0 Å². The lowest BCUT2D eigenvalue weighted by atomic mass is 10.1. The van der Waals surface area contributed by atoms with Gasteiger partial charge in [0.25, 0.3) is 0 Å². The van der Waals surface area contributed by atoms with E-state index in [9.17, 15) is 5.11 Å². The average molecular weight is 374 g/mol. The molecular weight excluding hydrogens is 348 g/mol. The fourth-order valence-electron chi connectivity index (χ4n) is 3.17. The molecule has 1 aliphatic heterocycles. The van der Waals surface area contributed by atoms with Gasteiger partial charge in [0.15, 0.2) is 0 Å². The molecule has 1 atom stereocenters. The summed E-state index contributed by atoms with van der Waals surface area (Å²) in [6.07, 6.45) is 5.23. The first-order chi connectivity index (χ1) is 12.7. The van der Waals surface area contributed by atoms with Crippen LogP contribution in [0.2, 0.25) is 5.02 Å². The zero-order valence-corrected chi connectivity index (χ0v) is 15.7. The smallest absolute Gasteiger partial charge is 0.137 e. The number of halogens is 1. The molecule has 138 valence electrons. The first-order valence-corrected chi connectivity index (χ1v) is 9.61. The molecule has 1 fully saturated rings. The minimum Gasteiger partial charge on any atom is -0.491 e. The number of quaternary nitrogens is 1. The van der Waals surface area contributed by atoms with Crippen LogP contribution in [0.1, 0.15) is 24.8 Å². The van der Waals surface area contributed by atoms with Crippen LogP contribution in [-0.4, -0.2) is 43.7 Å². The second kappa shape index (κ2) is 9.72. The number of ether oxygens (including phenoxy) is 1. The number of nitrogens with zero attached hydrogens (tertiary/aromatic N) is 1. The van der Waals surface area contributed by atoms with E-state index >= 15 is 0 Å². The second-order valence-electron chi connectivity index (χ2n) is 6.78. The minimum atomic E-state index is -0.425. The van der Waals surface area contributed by atoms with Gasteiger partial charge < -0.3 is 14.7 Å². The van der Waals surface area contributed by atoms with Gasteiger partial charge in [-0.25, -0.2) is 0 Å². The van der Waals surface area contributed by atoms with Crippen LogP contribution in [0.4, 0.5) is 5.69 Å². The highest BCUT2D eigenvalue weighted by atomic mass is 35.5. The van der Waals surface area contributed by atoms with Gasteiger partial charge >= 0.3 is 0 Å². The molecule has 0 aliphatic carbocycles. The summed E-state index contributed by atoms with van der Waals surface area (Å²) in [6.45, 7) is 3.43. The van der Waals surface area contributed by atoms with Gasteiger partial charge in [0.1, 0.15) is 25.0 Å². The molecule has 2 N–H and O–H groups in total. The normalized spacial score (nSPS) is 16.7. The Hall–Kier alpha value is -1.88. The Morgan fingerprint density at radius 2 is 1.73 bits per heavy atom. The van der Waals surface area contributed by atoms with Crippen molar-refractivity contribution in [1.29, 1.82) is 0 Å². The number of aliphatic hydroxyl groups excluding tert-OH is 1. The molecule has 0 aromatic heterocycles. The summed E-state index contributed by atoms with van der Waals surface area (Å²) in [7, 11) is 0. The molecule has 2 aromatic rings. The molecule has 0 spiro atoms. The molecular formula is C21H26ClN2O2+. The Balaban J connectivity index is 1.45. The Morgan fingerprint density at radius 3 is 2.42 bits per heavy atom. The monoisotopic (exact) mass is 373 g/mol. The lowest BCUT2D eigenvalue weighted by Gasteiger charge is -2.25. The fraction of sp³-hybridized carbons (Fsp3) is 0.381. The summed E-state index contributed by atoms with van der Waals surface area (Å²) < 4.78 is 5.71. The average Bonchev–Trinajstić information content (AvgIpc) is 2.67. The van der Waals surface area contributed by atoms with Gasteiger partial charge in [-0.05, 0) is 61.2 Å². The number of hydrogen-bond acceptors (Lipinski definition) is 3. The maximum absolute atomic E-state index is 10.2. The maximum Gasteiger partial charge on any atom is 0.137 e. The predicted molar refractivity (Wildman–Crippen MR) is 106 cm³/mol. The van der Waals surface area contributed by atoms with Gasteiger partial charge in [-0.3, -0.25) is 4.99 Å². The third-order valence-corrected chi connectivity index (χ3v) is 4.85. The number of aliphatic imine (C=N–C) groups is 1. The molecule has 1 heterocycles. The Labute approximate surface area is 160 Å². The number of rotatable bonds is 7. The molecule has 0 amide bonds. The zero-order chi connectivity index (χ0) is 18.2. The summed E-state index contributed by atoms with van der Waals surface area (Å²) in [5.41, 5.74) is 1.85. The van der Waals surface area contributed by atoms with Crippen molar-refractivity contribution >= 4 is 23.5 Å². The van der Waals surface area contributed by atoms with Crippen LogP contribution in [-0.2, 0) is 0 Å². The van der Waals surface area contributed by atoms with Crippen molar-refractivity contribution in [3.05, 3.63) is 59.1 Å². The Bertz CT molecular complexity index is 695. The van der Waals surface area contributed by atoms with Crippen LogP contribution >= 0.6 is 11.6 Å². The highest BCUT2D eigenvalue weighted by molar-refractivity contribution is 6.30. The quantitative estimate of drug-likeness (QED) is 0.733. The number of piperidine rings is 1. The van der Waals surface area contributed by atoms with Crippen molar-refractivity contribution in [2.45, 2.75) is 25.4 Å². The maximum atomic E-state index is 10.2. The SMILES string of the molecule is O[C@H](COc1ccc(N=Cc2ccc(Cl)cc2)cc1)C[NH+]1CCCCC1. The molecule has 0 bridgehead atoms. The third-order valence-electron chi connectivity index (χ3n) is 4.60. The van der Waals surface area contributed by atoms with Gasteiger partial charge in [-0.15, -0.1) is 0 Å². The van der Waals surface area contributed by atoms with Gasteiger partial charge in [0.2, 0.25) is 0 Å². The van der Waals surface area contributed by atoms with Crippen LogP contribution in [0.5, 0.6) is 5.75 Å². The number of likely N-dealkylation sites (tertiary alicyclic amines) is 1. The predicted octanol–water partition coefficient (Wildman–Crippen LogP) is 2.90. The van der Waals surface area contributed by atoms with E-state index in [1.165, 1.54) is 24.2 Å². The second-order valence-corrected chi connectivity index (χ2v) is 7.22. The zero-order valence-electron chi connectivity index (χ0n) is 14.9. The molecule has 5 heteroatoms. The van der Waals surface area contributed by atoms with Crippen molar-refractivity contribution in [3.8, 4) is 5.75 Å². The van der Waals surface area contributed by atoms with Crippen molar-refractivity contribution in [1.82, 2.24) is 0 Å². The molecule has 0 saturated carbocycles. The standard InChI is InChI=1S/C21H25ClN2O2/c22-18-6-4-17(5-7-18)14-23-19-8-10-21(11-9-19)26-16-20(25)15-24-12-2-1-3-13-24/h4-11,14,20,25H,1-3,12-13,15-16H2/p+1/t20-/m0/s1. The molecule has 0 radical (unpaired) electrons. The molecule has 4 nitrogen and oxygen atoms in total. The van der Waals surface area contributed by atoms with Crippen LogP contribution in [0.25, 0.3) is 0 Å². The van der Waals surface area contributed by atoms with E-state index in [1.54, 1.807) is 6.21 Å². The topological polar surface area (TPSA) is 46.3 Å². The number of aliphatic hydroxyl groups is 1. The van der Waals surface area contributed by atoms with E-state index in [1.807, 2.05) is 48.5 Å². The Morgan fingerprint density at radius 1 is 1.04 bits per heavy atom. The molecule has 1 aliphatic rings. The summed E-state index contributed by atoms with van der Waals surface area (Å²) in [5, 5.41) is 10.9. The summed E-state index contributed by atoms with van der Waals surface area (Å²) in [6, 6.07) is 15.1. The summed E-state index contributed by atoms with van der Waals surface area (Å²) >= 11 is 5.88. The number of nitrogens with one attached hydrogen (secondary N) is 1. The first kappa shape index (κ1) is 18.9. The number of hydrogen-bond donors (Lipinski definition) is 2. The fourth-order valence-corrected chi connectivity index (χ4v) is 3.29. The van der Waals surface area contributed by atoms with Crippen molar-refractivity contribution in [2.75, 3.05) is 26.2 Å². The lowest BCUT2D eigenvalue weighted by molar-refractivity contribution is -0.908. The van der Waals surface area contributed by atoms with Crippen molar-refractivity contribution in [3.63, 3.8) is 0 Å². The van der Waals surface area contributed by atoms with E-state index in [0.717, 1.165) is 36.6 Å². The number of benzene rings is 2. The Kier molecular flexibility index (Phi) is 7.06. The summed E-state index contributed by atoms with van der Waals surface area (Å²) in [4.78, 5) is 5.93. The van der Waals surface area contributed by atoms with E-state index in [2.05, 4.69) is 4.99 Å². The van der Waals surface area contributed by atoms with Crippen molar-refractivity contribution in [2.24, 2.45) is 4.99 Å². The van der Waals surface area contributed by atoms with Gasteiger partial charge in [0, 0.05) is 11.2 Å². The lowest BCUT2D eigenvalue weighted by Crippen LogP contribution is -3.14. The van der Waals surface area contributed by atoms with E-state index in [4.69, 9.17) is 16.3 Å². The molecule has 3 rings (SSSR count). The van der Waals surface area contributed by atoms with E-state index in [0.29, 0.717) is 11.6 Å². The first-order valence-electron chi connectivity index (χ1n) is 9.23. The highest BCUT2D eigenvalue weighted by Crippen LogP contribution is 2.18. The van der Waals surface area contributed by atoms with Gasteiger partial charge in [-0.2, -0.15) is 0 Å². The van der Waals surface area contributed by atoms with Crippen LogP contribution < -0.4 is 9.64 Å². The summed E-state index contributed by atoms with van der Waals surface area (Å²) in [5.74, 6) is 0.753. The van der Waals surface area contributed by atoms with Gasteiger partial charge in [-0.1, -0.05) is 23.7 Å². The van der Waals surface area contributed by atoms with E-state index < -0.39 is 6.10 Å². The van der Waals surface area contributed by atoms with Crippen molar-refractivity contribution < 1.29 is 14.7 Å². The molecule has 2 aromatic carbocycles. The van der Waals surface area contributed by atoms with Crippen LogP contribution in [0.15, 0.2) is 53.5 Å². The van der Waals surface area contributed by atoms with Crippen LogP contribution in [0.3, 0.4) is 0 Å². The van der Waals surface area contributed by atoms with E-state index in [-0.39, 0.29) is 0 Å². The molecule has 0 unspecified atom stereocenters.